The van der Waals surface area contributed by atoms with E-state index in [4.69, 9.17) is 0 Å². The van der Waals surface area contributed by atoms with Crippen LogP contribution in [0.2, 0.25) is 0 Å². The highest BCUT2D eigenvalue weighted by Gasteiger charge is 2.59. The molecule has 0 radical (unpaired) electrons. The number of carbonyl (C=O) groups excluding carboxylic acids is 3. The summed E-state index contributed by atoms with van der Waals surface area (Å²) in [6, 6.07) is 7.94. The third kappa shape index (κ3) is 2.19. The maximum Gasteiger partial charge on any atom is 0.247 e. The van der Waals surface area contributed by atoms with Crippen molar-refractivity contribution < 1.29 is 14.4 Å². The van der Waals surface area contributed by atoms with Crippen molar-refractivity contribution in [1.82, 2.24) is 4.90 Å². The minimum atomic E-state index is -0.235. The molecule has 5 heteroatoms. The molecule has 2 aliphatic carbocycles. The maximum absolute atomic E-state index is 13.0. The Bertz CT molecular complexity index is 800. The third-order valence-electron chi connectivity index (χ3n) is 6.52. The van der Waals surface area contributed by atoms with Gasteiger partial charge in [0.25, 0.3) is 0 Å². The van der Waals surface area contributed by atoms with Crippen molar-refractivity contribution in [1.29, 1.82) is 0 Å². The van der Waals surface area contributed by atoms with E-state index in [9.17, 15) is 14.4 Å². The van der Waals surface area contributed by atoms with Gasteiger partial charge in [-0.25, -0.2) is 0 Å². The molecule has 4 atom stereocenters. The van der Waals surface area contributed by atoms with Crippen molar-refractivity contribution in [3.63, 3.8) is 0 Å². The van der Waals surface area contributed by atoms with Crippen LogP contribution in [0.4, 0.5) is 5.69 Å². The summed E-state index contributed by atoms with van der Waals surface area (Å²) in [6.07, 6.45) is 8.00. The maximum atomic E-state index is 13.0. The Morgan fingerprint density at radius 3 is 2.42 bits per heavy atom. The van der Waals surface area contributed by atoms with Gasteiger partial charge in [-0.3, -0.25) is 19.3 Å². The minimum absolute atomic E-state index is 0.127. The Morgan fingerprint density at radius 1 is 1.00 bits per heavy atom. The third-order valence-corrected chi connectivity index (χ3v) is 6.52. The zero-order valence-electron chi connectivity index (χ0n) is 14.6. The van der Waals surface area contributed by atoms with Crippen LogP contribution in [-0.4, -0.2) is 35.7 Å². The molecule has 0 N–H and O–H groups in total. The van der Waals surface area contributed by atoms with E-state index >= 15 is 0 Å². The summed E-state index contributed by atoms with van der Waals surface area (Å²) in [5.41, 5.74) is 2.09. The number of para-hydroxylation sites is 1. The number of benzene rings is 1. The zero-order chi connectivity index (χ0) is 17.8. The Balaban J connectivity index is 1.38. The fraction of sp³-hybridized carbons (Fsp3) is 0.476. The van der Waals surface area contributed by atoms with Gasteiger partial charge in [0.05, 0.1) is 11.8 Å². The molecule has 0 aromatic heterocycles. The number of amides is 3. The highest BCUT2D eigenvalue weighted by atomic mass is 16.2. The van der Waals surface area contributed by atoms with Gasteiger partial charge in [0.1, 0.15) is 6.54 Å². The molecule has 1 aromatic rings. The molecule has 0 unspecified atom stereocenters. The molecule has 1 saturated carbocycles. The molecule has 2 bridgehead atoms. The van der Waals surface area contributed by atoms with Gasteiger partial charge in [-0.15, -0.1) is 0 Å². The topological polar surface area (TPSA) is 57.7 Å². The lowest BCUT2D eigenvalue weighted by molar-refractivity contribution is -0.143. The summed E-state index contributed by atoms with van der Waals surface area (Å²) < 4.78 is 0. The number of rotatable bonds is 2. The molecule has 2 aliphatic heterocycles. The van der Waals surface area contributed by atoms with Gasteiger partial charge >= 0.3 is 0 Å². The number of anilines is 1. The first-order valence-electron chi connectivity index (χ1n) is 9.57. The van der Waals surface area contributed by atoms with Crippen LogP contribution in [0.3, 0.4) is 0 Å². The van der Waals surface area contributed by atoms with Crippen molar-refractivity contribution in [2.24, 2.45) is 23.7 Å². The molecular formula is C21H22N2O3. The first-order chi connectivity index (χ1) is 12.6. The predicted molar refractivity (Wildman–Crippen MR) is 96.2 cm³/mol. The molecule has 1 aromatic carbocycles. The van der Waals surface area contributed by atoms with Crippen LogP contribution in [0.1, 0.15) is 24.8 Å². The fourth-order valence-corrected chi connectivity index (χ4v) is 5.29. The monoisotopic (exact) mass is 350 g/mol. The molecule has 2 fully saturated rings. The summed E-state index contributed by atoms with van der Waals surface area (Å²) >= 11 is 0. The molecule has 26 heavy (non-hydrogen) atoms. The highest BCUT2D eigenvalue weighted by molar-refractivity contribution is 6.10. The standard InChI is InChI=1S/C21H22N2O3/c24-17(22-10-4-3-6-13-5-1-2-7-16(13)22)12-23-20(25)18-14-8-9-15(11-14)19(18)21(23)26/h1-2,5,7-9,14-15,18-19H,3-4,6,10-12H2/t14-,15-,18-,19+/m0/s1. The molecule has 3 amide bonds. The van der Waals surface area contributed by atoms with Crippen molar-refractivity contribution >= 4 is 23.4 Å². The number of hydrogen-bond acceptors (Lipinski definition) is 3. The number of carbonyl (C=O) groups is 3. The van der Waals surface area contributed by atoms with Crippen molar-refractivity contribution in [3.8, 4) is 0 Å². The summed E-state index contributed by atoms with van der Waals surface area (Å²) in [6.45, 7) is 0.518. The fourth-order valence-electron chi connectivity index (χ4n) is 5.29. The van der Waals surface area contributed by atoms with Crippen LogP contribution in [0.5, 0.6) is 0 Å². The summed E-state index contributed by atoms with van der Waals surface area (Å²) in [4.78, 5) is 41.7. The Morgan fingerprint density at radius 2 is 1.69 bits per heavy atom. The van der Waals surface area contributed by atoms with Gasteiger partial charge < -0.3 is 4.90 Å². The minimum Gasteiger partial charge on any atom is -0.311 e. The zero-order valence-corrected chi connectivity index (χ0v) is 14.6. The van der Waals surface area contributed by atoms with Gasteiger partial charge in [-0.2, -0.15) is 0 Å². The van der Waals surface area contributed by atoms with Crippen LogP contribution >= 0.6 is 0 Å². The quantitative estimate of drug-likeness (QED) is 0.607. The number of likely N-dealkylation sites (tertiary alicyclic amines) is 1. The van der Waals surface area contributed by atoms with Gasteiger partial charge in [0, 0.05) is 12.2 Å². The van der Waals surface area contributed by atoms with Gasteiger partial charge in [-0.05, 0) is 49.1 Å². The Kier molecular flexibility index (Phi) is 3.52. The van der Waals surface area contributed by atoms with E-state index in [1.807, 2.05) is 18.2 Å². The van der Waals surface area contributed by atoms with E-state index in [0.29, 0.717) is 6.54 Å². The Hall–Kier alpha value is -2.43. The van der Waals surface area contributed by atoms with Crippen LogP contribution in [-0.2, 0) is 20.8 Å². The van der Waals surface area contributed by atoms with Crippen molar-refractivity contribution in [2.45, 2.75) is 25.7 Å². The molecule has 5 rings (SSSR count). The van der Waals surface area contributed by atoms with Crippen molar-refractivity contribution in [3.05, 3.63) is 42.0 Å². The Labute approximate surface area is 152 Å². The largest absolute Gasteiger partial charge is 0.311 e. The smallest absolute Gasteiger partial charge is 0.247 e. The van der Waals surface area contributed by atoms with Gasteiger partial charge in [0.15, 0.2) is 0 Å². The lowest BCUT2D eigenvalue weighted by Crippen LogP contribution is -2.44. The molecule has 134 valence electrons. The molecule has 4 aliphatic rings. The summed E-state index contributed by atoms with van der Waals surface area (Å²) in [7, 11) is 0. The number of nitrogens with zero attached hydrogens (tertiary/aromatic N) is 2. The summed E-state index contributed by atoms with van der Waals surface area (Å²) in [5.74, 6) is -0.549. The first kappa shape index (κ1) is 15.8. The van der Waals surface area contributed by atoms with Crippen LogP contribution < -0.4 is 4.90 Å². The number of fused-ring (bicyclic) bond motifs is 6. The normalized spacial score (nSPS) is 32.0. The number of hydrogen-bond donors (Lipinski definition) is 0. The first-order valence-corrected chi connectivity index (χ1v) is 9.57. The van der Waals surface area contributed by atoms with E-state index in [2.05, 4.69) is 18.2 Å². The number of imide groups is 1. The van der Waals surface area contributed by atoms with Crippen molar-refractivity contribution in [2.75, 3.05) is 18.0 Å². The average Bonchev–Trinajstić information content (AvgIpc) is 3.27. The van der Waals surface area contributed by atoms with Gasteiger partial charge in [-0.1, -0.05) is 30.4 Å². The second-order valence-corrected chi connectivity index (χ2v) is 7.89. The lowest BCUT2D eigenvalue weighted by atomic mass is 9.85. The number of aryl methyl sites for hydroxylation is 1. The van der Waals surface area contributed by atoms with Crippen LogP contribution in [0, 0.1) is 23.7 Å². The van der Waals surface area contributed by atoms with E-state index in [-0.39, 0.29) is 47.9 Å². The van der Waals surface area contributed by atoms with E-state index in [1.54, 1.807) is 4.90 Å². The highest BCUT2D eigenvalue weighted by Crippen LogP contribution is 2.52. The second kappa shape index (κ2) is 5.79. The molecule has 0 spiro atoms. The van der Waals surface area contributed by atoms with Crippen LogP contribution in [0.15, 0.2) is 36.4 Å². The molecule has 2 heterocycles. The van der Waals surface area contributed by atoms with Gasteiger partial charge in [0.2, 0.25) is 17.7 Å². The van der Waals surface area contributed by atoms with Crippen LogP contribution in [0.25, 0.3) is 0 Å². The van der Waals surface area contributed by atoms with E-state index in [0.717, 1.165) is 36.9 Å². The average molecular weight is 350 g/mol. The van der Waals surface area contributed by atoms with E-state index < -0.39 is 0 Å². The number of allylic oxidation sites excluding steroid dienone is 2. The molecule has 5 nitrogen and oxygen atoms in total. The molecule has 1 saturated heterocycles. The van der Waals surface area contributed by atoms with E-state index in [1.165, 1.54) is 4.90 Å². The predicted octanol–water partition coefficient (Wildman–Crippen LogP) is 2.16. The second-order valence-electron chi connectivity index (χ2n) is 7.89. The SMILES string of the molecule is O=C1[C@@H]2[C@H](C(=O)N1CC(=O)N1CCCCc3ccccc31)[C@H]1C=C[C@H]2C1. The summed E-state index contributed by atoms with van der Waals surface area (Å²) in [5, 5.41) is 0. The lowest BCUT2D eigenvalue weighted by Gasteiger charge is -2.25. The molecular weight excluding hydrogens is 328 g/mol.